The first-order chi connectivity index (χ1) is 15.6. The van der Waals surface area contributed by atoms with Gasteiger partial charge < -0.3 is 20.3 Å². The summed E-state index contributed by atoms with van der Waals surface area (Å²) in [6.07, 6.45) is -3.95. The van der Waals surface area contributed by atoms with E-state index in [1.54, 1.807) is 30.3 Å². The average molecular weight is 500 g/mol. The summed E-state index contributed by atoms with van der Waals surface area (Å²) in [6, 6.07) is 12.3. The first kappa shape index (κ1) is 24.9. The molecule has 0 amide bonds. The Morgan fingerprint density at radius 2 is 1.79 bits per heavy atom. The molecular formula is C22H22Cl2F3N5O. The third-order valence-corrected chi connectivity index (χ3v) is 5.19. The van der Waals surface area contributed by atoms with Crippen LogP contribution in [-0.2, 0) is 0 Å². The first-order valence-electron chi connectivity index (χ1n) is 9.95. The fraction of sp³-hybridized carbons (Fsp3) is 0.273. The van der Waals surface area contributed by atoms with Crippen LogP contribution in [0.3, 0.4) is 0 Å². The molecule has 3 rings (SSSR count). The average Bonchev–Trinajstić information content (AvgIpc) is 2.73. The maximum Gasteiger partial charge on any atom is 0.573 e. The molecule has 0 aliphatic rings. The number of hydrogen-bond donors (Lipinski definition) is 2. The molecule has 0 bridgehead atoms. The highest BCUT2D eigenvalue weighted by atomic mass is 35.5. The smallest absolute Gasteiger partial charge is 0.406 e. The van der Waals surface area contributed by atoms with Gasteiger partial charge in [-0.05, 0) is 51.3 Å². The molecule has 0 aliphatic carbocycles. The minimum atomic E-state index is -4.79. The number of nitrogens with one attached hydrogen (secondary N) is 2. The molecule has 1 heterocycles. The van der Waals surface area contributed by atoms with Crippen LogP contribution >= 0.6 is 23.2 Å². The molecule has 11 heteroatoms. The summed E-state index contributed by atoms with van der Waals surface area (Å²) in [4.78, 5) is 11.0. The Bertz CT molecular complexity index is 1100. The van der Waals surface area contributed by atoms with Gasteiger partial charge in [0.1, 0.15) is 11.6 Å². The largest absolute Gasteiger partial charge is 0.573 e. The highest BCUT2D eigenvalue weighted by molar-refractivity contribution is 6.43. The van der Waals surface area contributed by atoms with E-state index < -0.39 is 6.36 Å². The van der Waals surface area contributed by atoms with Gasteiger partial charge in [-0.15, -0.1) is 13.2 Å². The van der Waals surface area contributed by atoms with Crippen molar-refractivity contribution in [3.63, 3.8) is 0 Å². The standard InChI is InChI=1S/C22H22Cl2F3N5O/c1-32(2)11-5-10-28-21-30-18(14-6-3-7-15(12-14)33-22(25,26)27)13-19(31-21)29-17-9-4-8-16(23)20(17)24/h3-4,6-9,12-13H,5,10-11H2,1-2H3,(H2,28,29,30,31). The molecule has 6 nitrogen and oxygen atoms in total. The molecule has 0 atom stereocenters. The Balaban J connectivity index is 1.93. The van der Waals surface area contributed by atoms with Gasteiger partial charge in [0, 0.05) is 18.2 Å². The number of ether oxygens (including phenoxy) is 1. The fourth-order valence-electron chi connectivity index (χ4n) is 2.92. The van der Waals surface area contributed by atoms with Gasteiger partial charge in [-0.25, -0.2) is 4.98 Å². The number of nitrogens with zero attached hydrogens (tertiary/aromatic N) is 3. The number of rotatable bonds is 9. The van der Waals surface area contributed by atoms with Gasteiger partial charge >= 0.3 is 6.36 Å². The zero-order valence-electron chi connectivity index (χ0n) is 17.9. The predicted octanol–water partition coefficient (Wildman–Crippen LogP) is 6.46. The summed E-state index contributed by atoms with van der Waals surface area (Å²) < 4.78 is 42.0. The molecule has 2 aromatic carbocycles. The van der Waals surface area contributed by atoms with Crippen LogP contribution in [0.2, 0.25) is 10.0 Å². The molecular weight excluding hydrogens is 478 g/mol. The molecule has 0 spiro atoms. The molecule has 2 N–H and O–H groups in total. The fourth-order valence-corrected chi connectivity index (χ4v) is 3.27. The predicted molar refractivity (Wildman–Crippen MR) is 126 cm³/mol. The Hall–Kier alpha value is -2.75. The van der Waals surface area contributed by atoms with Crippen LogP contribution < -0.4 is 15.4 Å². The lowest BCUT2D eigenvalue weighted by molar-refractivity contribution is -0.274. The zero-order chi connectivity index (χ0) is 24.0. The molecule has 0 unspecified atom stereocenters. The molecule has 176 valence electrons. The van der Waals surface area contributed by atoms with Crippen molar-refractivity contribution in [1.29, 1.82) is 0 Å². The van der Waals surface area contributed by atoms with Crippen LogP contribution in [0.15, 0.2) is 48.5 Å². The SMILES string of the molecule is CN(C)CCCNc1nc(Nc2cccc(Cl)c2Cl)cc(-c2cccc(OC(F)(F)F)c2)n1. The van der Waals surface area contributed by atoms with Crippen LogP contribution in [0.1, 0.15) is 6.42 Å². The van der Waals surface area contributed by atoms with Gasteiger partial charge in [0.25, 0.3) is 0 Å². The topological polar surface area (TPSA) is 62.3 Å². The van der Waals surface area contributed by atoms with E-state index >= 15 is 0 Å². The lowest BCUT2D eigenvalue weighted by Crippen LogP contribution is -2.17. The van der Waals surface area contributed by atoms with Crippen LogP contribution in [-0.4, -0.2) is 48.4 Å². The molecule has 0 saturated heterocycles. The summed E-state index contributed by atoms with van der Waals surface area (Å²) in [7, 11) is 3.95. The van der Waals surface area contributed by atoms with Crippen LogP contribution in [0.5, 0.6) is 5.75 Å². The number of hydrogen-bond acceptors (Lipinski definition) is 6. The van der Waals surface area contributed by atoms with Gasteiger partial charge in [-0.1, -0.05) is 41.4 Å². The Labute approximate surface area is 199 Å². The van der Waals surface area contributed by atoms with Gasteiger partial charge in [0.05, 0.1) is 21.4 Å². The van der Waals surface area contributed by atoms with E-state index in [-0.39, 0.29) is 5.75 Å². The normalized spacial score (nSPS) is 11.5. The van der Waals surface area contributed by atoms with Crippen molar-refractivity contribution in [3.8, 4) is 17.0 Å². The Kier molecular flexibility index (Phi) is 8.23. The summed E-state index contributed by atoms with van der Waals surface area (Å²) >= 11 is 12.4. The van der Waals surface area contributed by atoms with E-state index in [1.165, 1.54) is 18.2 Å². The lowest BCUT2D eigenvalue weighted by atomic mass is 10.1. The first-order valence-corrected chi connectivity index (χ1v) is 10.7. The number of halogens is 5. The molecule has 0 aliphatic heterocycles. The van der Waals surface area contributed by atoms with Crippen LogP contribution in [0.4, 0.5) is 30.6 Å². The van der Waals surface area contributed by atoms with Crippen molar-refractivity contribution in [3.05, 3.63) is 58.6 Å². The maximum atomic E-state index is 12.7. The van der Waals surface area contributed by atoms with E-state index in [0.717, 1.165) is 13.0 Å². The van der Waals surface area contributed by atoms with E-state index in [4.69, 9.17) is 23.2 Å². The minimum absolute atomic E-state index is 0.314. The third kappa shape index (κ3) is 7.66. The molecule has 3 aromatic rings. The van der Waals surface area contributed by atoms with E-state index in [0.29, 0.717) is 45.3 Å². The van der Waals surface area contributed by atoms with Crippen molar-refractivity contribution < 1.29 is 17.9 Å². The number of anilines is 3. The molecule has 0 saturated carbocycles. The van der Waals surface area contributed by atoms with Crippen molar-refractivity contribution in [1.82, 2.24) is 14.9 Å². The number of aromatic nitrogens is 2. The number of benzene rings is 2. The van der Waals surface area contributed by atoms with E-state index in [2.05, 4.69) is 30.2 Å². The number of alkyl halides is 3. The van der Waals surface area contributed by atoms with E-state index in [1.807, 2.05) is 14.1 Å². The highest BCUT2D eigenvalue weighted by Gasteiger charge is 2.31. The Morgan fingerprint density at radius 3 is 2.52 bits per heavy atom. The van der Waals surface area contributed by atoms with Crippen molar-refractivity contribution in [2.75, 3.05) is 37.8 Å². The minimum Gasteiger partial charge on any atom is -0.406 e. The summed E-state index contributed by atoms with van der Waals surface area (Å²) in [5.41, 5.74) is 1.35. The zero-order valence-corrected chi connectivity index (χ0v) is 19.4. The molecule has 0 fully saturated rings. The van der Waals surface area contributed by atoms with Crippen LogP contribution in [0.25, 0.3) is 11.3 Å². The monoisotopic (exact) mass is 499 g/mol. The van der Waals surface area contributed by atoms with Gasteiger partial charge in [-0.2, -0.15) is 4.98 Å². The van der Waals surface area contributed by atoms with Gasteiger partial charge in [0.15, 0.2) is 0 Å². The molecule has 0 radical (unpaired) electrons. The Morgan fingerprint density at radius 1 is 1.03 bits per heavy atom. The van der Waals surface area contributed by atoms with Crippen molar-refractivity contribution >= 4 is 40.7 Å². The van der Waals surface area contributed by atoms with E-state index in [9.17, 15) is 13.2 Å². The van der Waals surface area contributed by atoms with Crippen molar-refractivity contribution in [2.45, 2.75) is 12.8 Å². The summed E-state index contributed by atoms with van der Waals surface area (Å²) in [5, 5.41) is 6.94. The summed E-state index contributed by atoms with van der Waals surface area (Å²) in [6.45, 7) is 1.48. The lowest BCUT2D eigenvalue weighted by Gasteiger charge is -2.14. The maximum absolute atomic E-state index is 12.7. The second-order valence-corrected chi connectivity index (χ2v) is 8.13. The van der Waals surface area contributed by atoms with Gasteiger partial charge in [0.2, 0.25) is 5.95 Å². The van der Waals surface area contributed by atoms with Crippen LogP contribution in [0, 0.1) is 0 Å². The highest BCUT2D eigenvalue weighted by Crippen LogP contribution is 2.33. The molecule has 33 heavy (non-hydrogen) atoms. The summed E-state index contributed by atoms with van der Waals surface area (Å²) in [5.74, 6) is 0.363. The third-order valence-electron chi connectivity index (χ3n) is 4.37. The second-order valence-electron chi connectivity index (χ2n) is 7.35. The molecule has 1 aromatic heterocycles. The van der Waals surface area contributed by atoms with Gasteiger partial charge in [-0.3, -0.25) is 0 Å². The van der Waals surface area contributed by atoms with Crippen molar-refractivity contribution in [2.24, 2.45) is 0 Å². The second kappa shape index (κ2) is 10.9. The quantitative estimate of drug-likeness (QED) is 0.329.